The number of aryl methyl sites for hydroxylation is 1. The minimum Gasteiger partial charge on any atom is -0.508 e. The van der Waals surface area contributed by atoms with Gasteiger partial charge in [-0.15, -0.1) is 0 Å². The van der Waals surface area contributed by atoms with Gasteiger partial charge in [-0.25, -0.2) is 0 Å². The summed E-state index contributed by atoms with van der Waals surface area (Å²) in [5, 5.41) is 10.5. The molecule has 2 aromatic rings. The fourth-order valence-electron chi connectivity index (χ4n) is 3.51. The zero-order valence-corrected chi connectivity index (χ0v) is 15.2. The third-order valence-electron chi connectivity index (χ3n) is 4.50. The summed E-state index contributed by atoms with van der Waals surface area (Å²) in [5.41, 5.74) is 1.67. The SMILES string of the molecule is CCCc1ccccc1OC(CCC)(CCC)c1ccccc1O. The lowest BCUT2D eigenvalue weighted by molar-refractivity contribution is 0.0418. The Hall–Kier alpha value is -1.96. The average Bonchev–Trinajstić information content (AvgIpc) is 2.57. The van der Waals surface area contributed by atoms with Crippen LogP contribution in [0.1, 0.15) is 64.0 Å². The van der Waals surface area contributed by atoms with Gasteiger partial charge in [0.15, 0.2) is 0 Å². The molecule has 2 rings (SSSR count). The van der Waals surface area contributed by atoms with Gasteiger partial charge in [0.2, 0.25) is 0 Å². The van der Waals surface area contributed by atoms with Gasteiger partial charge in [0.25, 0.3) is 0 Å². The van der Waals surface area contributed by atoms with Crippen LogP contribution in [-0.4, -0.2) is 5.11 Å². The molecule has 2 aromatic carbocycles. The van der Waals surface area contributed by atoms with E-state index < -0.39 is 5.60 Å². The van der Waals surface area contributed by atoms with E-state index in [1.54, 1.807) is 6.07 Å². The molecular formula is C22H30O2. The highest BCUT2D eigenvalue weighted by Crippen LogP contribution is 2.41. The quantitative estimate of drug-likeness (QED) is 0.593. The summed E-state index contributed by atoms with van der Waals surface area (Å²) in [4.78, 5) is 0. The molecule has 2 nitrogen and oxygen atoms in total. The third-order valence-corrected chi connectivity index (χ3v) is 4.50. The first-order chi connectivity index (χ1) is 11.7. The molecule has 0 bridgehead atoms. The second-order valence-corrected chi connectivity index (χ2v) is 6.47. The Bertz CT molecular complexity index is 627. The molecule has 0 unspecified atom stereocenters. The van der Waals surface area contributed by atoms with E-state index in [1.165, 1.54) is 5.56 Å². The van der Waals surface area contributed by atoms with E-state index in [1.807, 2.05) is 24.3 Å². The van der Waals surface area contributed by atoms with Crippen molar-refractivity contribution in [3.63, 3.8) is 0 Å². The predicted octanol–water partition coefficient (Wildman–Crippen LogP) is 6.22. The molecule has 0 saturated heterocycles. The second kappa shape index (κ2) is 8.77. The van der Waals surface area contributed by atoms with E-state index in [0.717, 1.165) is 49.8 Å². The Kier molecular flexibility index (Phi) is 6.72. The molecule has 0 saturated carbocycles. The van der Waals surface area contributed by atoms with E-state index in [9.17, 15) is 5.11 Å². The summed E-state index contributed by atoms with van der Waals surface area (Å²) in [5.74, 6) is 1.27. The molecule has 0 aliphatic carbocycles. The predicted molar refractivity (Wildman–Crippen MR) is 101 cm³/mol. The number of hydrogen-bond donors (Lipinski definition) is 1. The van der Waals surface area contributed by atoms with E-state index in [-0.39, 0.29) is 0 Å². The number of phenols is 1. The summed E-state index contributed by atoms with van der Waals surface area (Å²) < 4.78 is 6.67. The molecule has 0 heterocycles. The van der Waals surface area contributed by atoms with Gasteiger partial charge in [-0.3, -0.25) is 0 Å². The van der Waals surface area contributed by atoms with Crippen LogP contribution in [-0.2, 0) is 12.0 Å². The Balaban J connectivity index is 2.49. The van der Waals surface area contributed by atoms with E-state index >= 15 is 0 Å². The number of para-hydroxylation sites is 2. The maximum atomic E-state index is 10.5. The number of phenolic OH excluding ortho intramolecular Hbond substituents is 1. The highest BCUT2D eigenvalue weighted by atomic mass is 16.5. The molecular weight excluding hydrogens is 296 g/mol. The number of ether oxygens (including phenoxy) is 1. The first kappa shape index (κ1) is 18.4. The molecule has 24 heavy (non-hydrogen) atoms. The van der Waals surface area contributed by atoms with Crippen LogP contribution in [0.15, 0.2) is 48.5 Å². The van der Waals surface area contributed by atoms with E-state index in [4.69, 9.17) is 4.74 Å². The summed E-state index contributed by atoms with van der Waals surface area (Å²) in [7, 11) is 0. The highest BCUT2D eigenvalue weighted by molar-refractivity contribution is 5.40. The number of benzene rings is 2. The smallest absolute Gasteiger partial charge is 0.138 e. The molecule has 0 spiro atoms. The molecule has 0 aromatic heterocycles. The van der Waals surface area contributed by atoms with Gasteiger partial charge in [0.05, 0.1) is 0 Å². The van der Waals surface area contributed by atoms with Crippen molar-refractivity contribution in [1.82, 2.24) is 0 Å². The lowest BCUT2D eigenvalue weighted by Crippen LogP contribution is -2.33. The fourth-order valence-corrected chi connectivity index (χ4v) is 3.51. The number of rotatable bonds is 9. The molecule has 130 valence electrons. The number of hydrogen-bond acceptors (Lipinski definition) is 2. The van der Waals surface area contributed by atoms with Crippen molar-refractivity contribution < 1.29 is 9.84 Å². The molecule has 0 amide bonds. The van der Waals surface area contributed by atoms with Crippen molar-refractivity contribution >= 4 is 0 Å². The summed E-state index contributed by atoms with van der Waals surface area (Å²) in [6, 6.07) is 15.9. The minimum atomic E-state index is -0.474. The maximum absolute atomic E-state index is 10.5. The van der Waals surface area contributed by atoms with Crippen molar-refractivity contribution in [2.24, 2.45) is 0 Å². The Morgan fingerprint density at radius 2 is 1.46 bits per heavy atom. The minimum absolute atomic E-state index is 0.326. The van der Waals surface area contributed by atoms with Crippen LogP contribution in [0.25, 0.3) is 0 Å². The number of aromatic hydroxyl groups is 1. The van der Waals surface area contributed by atoms with Gasteiger partial charge in [0.1, 0.15) is 17.1 Å². The summed E-state index contributed by atoms with van der Waals surface area (Å²) in [6.45, 7) is 6.53. The van der Waals surface area contributed by atoms with Crippen LogP contribution in [0.5, 0.6) is 11.5 Å². The van der Waals surface area contributed by atoms with E-state index in [0.29, 0.717) is 5.75 Å². The molecule has 0 aliphatic heterocycles. The summed E-state index contributed by atoms with van der Waals surface area (Å²) >= 11 is 0. The van der Waals surface area contributed by atoms with Gasteiger partial charge in [-0.2, -0.15) is 0 Å². The van der Waals surface area contributed by atoms with Crippen LogP contribution in [0.4, 0.5) is 0 Å². The second-order valence-electron chi connectivity index (χ2n) is 6.47. The zero-order chi connectivity index (χ0) is 17.4. The average molecular weight is 326 g/mol. The van der Waals surface area contributed by atoms with Gasteiger partial charge in [0, 0.05) is 5.56 Å². The first-order valence-electron chi connectivity index (χ1n) is 9.22. The molecule has 0 atom stereocenters. The van der Waals surface area contributed by atoms with Gasteiger partial charge in [-0.1, -0.05) is 76.4 Å². The lowest BCUT2D eigenvalue weighted by Gasteiger charge is -2.36. The van der Waals surface area contributed by atoms with Crippen LogP contribution < -0.4 is 4.74 Å². The van der Waals surface area contributed by atoms with Gasteiger partial charge in [-0.05, 0) is 37.0 Å². The van der Waals surface area contributed by atoms with E-state index in [2.05, 4.69) is 39.0 Å². The van der Waals surface area contributed by atoms with Gasteiger partial charge >= 0.3 is 0 Å². The lowest BCUT2D eigenvalue weighted by atomic mass is 9.84. The monoisotopic (exact) mass is 326 g/mol. The molecule has 0 fully saturated rings. The van der Waals surface area contributed by atoms with Crippen LogP contribution in [0.3, 0.4) is 0 Å². The fraction of sp³-hybridized carbons (Fsp3) is 0.455. The van der Waals surface area contributed by atoms with Crippen molar-refractivity contribution in [2.45, 2.75) is 64.9 Å². The topological polar surface area (TPSA) is 29.5 Å². The largest absolute Gasteiger partial charge is 0.508 e. The third kappa shape index (κ3) is 4.11. The normalized spacial score (nSPS) is 11.5. The van der Waals surface area contributed by atoms with Crippen molar-refractivity contribution in [3.8, 4) is 11.5 Å². The van der Waals surface area contributed by atoms with Crippen molar-refractivity contribution in [2.75, 3.05) is 0 Å². The van der Waals surface area contributed by atoms with Crippen LogP contribution in [0, 0.1) is 0 Å². The standard InChI is InChI=1S/C22H30O2/c1-4-11-18-12-7-10-15-21(18)24-22(16-5-2,17-6-3)19-13-8-9-14-20(19)23/h7-10,12-15,23H,4-6,11,16-17H2,1-3H3. The Morgan fingerprint density at radius 1 is 0.833 bits per heavy atom. The molecule has 0 aliphatic rings. The molecule has 1 N–H and O–H groups in total. The van der Waals surface area contributed by atoms with Crippen molar-refractivity contribution in [3.05, 3.63) is 59.7 Å². The zero-order valence-electron chi connectivity index (χ0n) is 15.2. The molecule has 2 heteroatoms. The highest BCUT2D eigenvalue weighted by Gasteiger charge is 2.35. The summed E-state index contributed by atoms with van der Waals surface area (Å²) in [6.07, 6.45) is 5.88. The van der Waals surface area contributed by atoms with Crippen molar-refractivity contribution in [1.29, 1.82) is 0 Å². The maximum Gasteiger partial charge on any atom is 0.138 e. The van der Waals surface area contributed by atoms with Crippen LogP contribution in [0.2, 0.25) is 0 Å². The first-order valence-corrected chi connectivity index (χ1v) is 9.22. The Labute approximate surface area is 146 Å². The Morgan fingerprint density at radius 3 is 2.08 bits per heavy atom. The molecule has 0 radical (unpaired) electrons. The van der Waals surface area contributed by atoms with Crippen LogP contribution >= 0.6 is 0 Å². The van der Waals surface area contributed by atoms with Gasteiger partial charge < -0.3 is 9.84 Å².